The average molecular weight is 488 g/mol. The Morgan fingerprint density at radius 2 is 1.58 bits per heavy atom. The highest BCUT2D eigenvalue weighted by Gasteiger charge is 2.23. The summed E-state index contributed by atoms with van der Waals surface area (Å²) < 4.78 is 0. The van der Waals surface area contributed by atoms with Crippen LogP contribution in [0.15, 0.2) is 66.7 Å². The van der Waals surface area contributed by atoms with E-state index in [4.69, 9.17) is 23.2 Å². The predicted octanol–water partition coefficient (Wildman–Crippen LogP) is 4.56. The summed E-state index contributed by atoms with van der Waals surface area (Å²) >= 11 is 12.2. The normalized spacial score (nSPS) is 12.6. The van der Waals surface area contributed by atoms with Crippen LogP contribution in [-0.4, -0.2) is 35.2 Å². The summed E-state index contributed by atoms with van der Waals surface area (Å²) in [4.78, 5) is 24.3. The van der Waals surface area contributed by atoms with Crippen molar-refractivity contribution < 1.29 is 19.8 Å². The Balaban J connectivity index is 1.68. The van der Waals surface area contributed by atoms with Crippen LogP contribution in [0.2, 0.25) is 10.0 Å². The fraction of sp³-hybridized carbons (Fsp3) is 0.167. The molecule has 0 aliphatic rings. The number of carbonyl (C=O) groups excluding carboxylic acids is 1. The summed E-state index contributed by atoms with van der Waals surface area (Å²) in [5, 5.41) is 29.1. The number of aliphatic hydroxyl groups excluding tert-OH is 1. The van der Waals surface area contributed by atoms with Crippen molar-refractivity contribution in [2.45, 2.75) is 18.7 Å². The van der Waals surface area contributed by atoms with Gasteiger partial charge in [0, 0.05) is 24.0 Å². The van der Waals surface area contributed by atoms with Gasteiger partial charge in [-0.25, -0.2) is 0 Å². The smallest absolute Gasteiger partial charge is 0.321 e. The SMILES string of the molecule is CNc1ccccc1C(O)NC(Cc1ccc(NC(=O)c2c(Cl)cccc2Cl)cc1)C(=O)O. The number of anilines is 2. The van der Waals surface area contributed by atoms with Gasteiger partial charge in [0.05, 0.1) is 15.6 Å². The van der Waals surface area contributed by atoms with Crippen LogP contribution in [0.3, 0.4) is 0 Å². The van der Waals surface area contributed by atoms with E-state index >= 15 is 0 Å². The van der Waals surface area contributed by atoms with E-state index in [9.17, 15) is 19.8 Å². The van der Waals surface area contributed by atoms with Crippen LogP contribution in [0.4, 0.5) is 11.4 Å². The van der Waals surface area contributed by atoms with E-state index in [1.54, 1.807) is 67.7 Å². The van der Waals surface area contributed by atoms with E-state index in [1.807, 2.05) is 6.07 Å². The lowest BCUT2D eigenvalue weighted by Crippen LogP contribution is -2.41. The van der Waals surface area contributed by atoms with Crippen LogP contribution in [-0.2, 0) is 11.2 Å². The molecule has 1 amide bonds. The number of halogens is 2. The standard InChI is InChI=1S/C24H23Cl2N3O4/c1-27-19-8-3-2-5-16(19)22(30)29-20(24(32)33)13-14-9-11-15(12-10-14)28-23(31)21-17(25)6-4-7-18(21)26/h2-12,20,22,27,29-30H,13H2,1H3,(H,28,31)(H,32,33). The first-order valence-electron chi connectivity index (χ1n) is 10.1. The largest absolute Gasteiger partial charge is 0.480 e. The van der Waals surface area contributed by atoms with E-state index in [-0.39, 0.29) is 22.0 Å². The zero-order chi connectivity index (χ0) is 24.0. The number of carboxylic acid groups (broad SMARTS) is 1. The molecule has 9 heteroatoms. The van der Waals surface area contributed by atoms with Gasteiger partial charge in [-0.1, -0.05) is 59.6 Å². The molecular weight excluding hydrogens is 465 g/mol. The number of nitrogens with one attached hydrogen (secondary N) is 3. The molecule has 7 nitrogen and oxygen atoms in total. The van der Waals surface area contributed by atoms with E-state index < -0.39 is 24.1 Å². The number of rotatable bonds is 9. The molecule has 0 saturated heterocycles. The maximum absolute atomic E-state index is 12.5. The van der Waals surface area contributed by atoms with E-state index in [1.165, 1.54) is 0 Å². The van der Waals surface area contributed by atoms with Crippen molar-refractivity contribution in [1.29, 1.82) is 0 Å². The first kappa shape index (κ1) is 24.5. The summed E-state index contributed by atoms with van der Waals surface area (Å²) in [6, 6.07) is 17.6. The Morgan fingerprint density at radius 3 is 2.18 bits per heavy atom. The third-order valence-electron chi connectivity index (χ3n) is 5.02. The van der Waals surface area contributed by atoms with Gasteiger partial charge in [-0.3, -0.25) is 14.9 Å². The van der Waals surface area contributed by atoms with Gasteiger partial charge >= 0.3 is 5.97 Å². The van der Waals surface area contributed by atoms with Crippen LogP contribution < -0.4 is 16.0 Å². The van der Waals surface area contributed by atoms with E-state index in [0.717, 1.165) is 0 Å². The second-order valence-electron chi connectivity index (χ2n) is 7.25. The number of benzene rings is 3. The molecule has 0 aliphatic carbocycles. The molecule has 0 saturated carbocycles. The number of hydrogen-bond acceptors (Lipinski definition) is 5. The Labute approximate surface area is 201 Å². The Morgan fingerprint density at radius 1 is 0.939 bits per heavy atom. The van der Waals surface area contributed by atoms with Gasteiger partial charge in [0.2, 0.25) is 0 Å². The Kier molecular flexibility index (Phi) is 8.30. The van der Waals surface area contributed by atoms with Crippen molar-refractivity contribution in [1.82, 2.24) is 5.32 Å². The minimum atomic E-state index is -1.17. The lowest BCUT2D eigenvalue weighted by atomic mass is 10.0. The minimum absolute atomic E-state index is 0.124. The summed E-state index contributed by atoms with van der Waals surface area (Å²) in [7, 11) is 1.72. The van der Waals surface area contributed by atoms with Crippen molar-refractivity contribution in [3.05, 3.63) is 93.5 Å². The minimum Gasteiger partial charge on any atom is -0.480 e. The second-order valence-corrected chi connectivity index (χ2v) is 8.06. The van der Waals surface area contributed by atoms with Gasteiger partial charge in [0.1, 0.15) is 12.3 Å². The second kappa shape index (κ2) is 11.2. The maximum Gasteiger partial charge on any atom is 0.321 e. The number of aliphatic hydroxyl groups is 1. The molecule has 3 aromatic rings. The van der Waals surface area contributed by atoms with Crippen LogP contribution in [0, 0.1) is 0 Å². The first-order valence-corrected chi connectivity index (χ1v) is 10.8. The molecule has 2 unspecified atom stereocenters. The van der Waals surface area contributed by atoms with Gasteiger partial charge in [0.25, 0.3) is 5.91 Å². The van der Waals surface area contributed by atoms with Crippen LogP contribution in [0.1, 0.15) is 27.7 Å². The summed E-state index contributed by atoms with van der Waals surface area (Å²) in [6.07, 6.45) is -1.05. The molecule has 0 fully saturated rings. The number of aliphatic carboxylic acids is 1. The number of hydrogen-bond donors (Lipinski definition) is 5. The molecule has 0 bridgehead atoms. The zero-order valence-corrected chi connectivity index (χ0v) is 19.2. The van der Waals surface area contributed by atoms with Gasteiger partial charge in [-0.05, 0) is 42.3 Å². The van der Waals surface area contributed by atoms with Crippen molar-refractivity contribution in [2.75, 3.05) is 17.7 Å². The number of para-hydroxylation sites is 1. The van der Waals surface area contributed by atoms with Crippen molar-refractivity contribution in [2.24, 2.45) is 0 Å². The average Bonchev–Trinajstić information content (AvgIpc) is 2.79. The molecule has 172 valence electrons. The molecule has 0 radical (unpaired) electrons. The molecule has 0 aromatic heterocycles. The van der Waals surface area contributed by atoms with Gasteiger partial charge in [-0.15, -0.1) is 0 Å². The first-order chi connectivity index (χ1) is 15.8. The molecule has 0 aliphatic heterocycles. The fourth-order valence-corrected chi connectivity index (χ4v) is 3.90. The lowest BCUT2D eigenvalue weighted by Gasteiger charge is -2.21. The monoisotopic (exact) mass is 487 g/mol. The molecule has 0 spiro atoms. The van der Waals surface area contributed by atoms with E-state index in [0.29, 0.717) is 22.5 Å². The summed E-state index contributed by atoms with van der Waals surface area (Å²) in [6.45, 7) is 0. The van der Waals surface area contributed by atoms with Crippen molar-refractivity contribution in [3.63, 3.8) is 0 Å². The highest BCUT2D eigenvalue weighted by Crippen LogP contribution is 2.26. The van der Waals surface area contributed by atoms with Crippen molar-refractivity contribution in [3.8, 4) is 0 Å². The summed E-state index contributed by atoms with van der Waals surface area (Å²) in [5.41, 5.74) is 2.62. The molecular formula is C24H23Cl2N3O4. The number of carboxylic acids is 1. The molecule has 0 heterocycles. The van der Waals surface area contributed by atoms with Crippen LogP contribution >= 0.6 is 23.2 Å². The Bertz CT molecular complexity index is 1120. The van der Waals surface area contributed by atoms with E-state index in [2.05, 4.69) is 16.0 Å². The Hall–Kier alpha value is -3.10. The third-order valence-corrected chi connectivity index (χ3v) is 5.65. The van der Waals surface area contributed by atoms with Crippen LogP contribution in [0.5, 0.6) is 0 Å². The predicted molar refractivity (Wildman–Crippen MR) is 130 cm³/mol. The quantitative estimate of drug-likeness (QED) is 0.283. The zero-order valence-electron chi connectivity index (χ0n) is 17.7. The maximum atomic E-state index is 12.5. The molecule has 2 atom stereocenters. The fourth-order valence-electron chi connectivity index (χ4n) is 3.33. The third kappa shape index (κ3) is 6.24. The van der Waals surface area contributed by atoms with Crippen LogP contribution in [0.25, 0.3) is 0 Å². The highest BCUT2D eigenvalue weighted by molar-refractivity contribution is 6.40. The topological polar surface area (TPSA) is 111 Å². The number of carbonyl (C=O) groups is 2. The van der Waals surface area contributed by atoms with Crippen molar-refractivity contribution >= 4 is 46.5 Å². The molecule has 3 aromatic carbocycles. The highest BCUT2D eigenvalue weighted by atomic mass is 35.5. The number of amides is 1. The summed E-state index contributed by atoms with van der Waals surface area (Å²) in [5.74, 6) is -1.54. The lowest BCUT2D eigenvalue weighted by molar-refractivity contribution is -0.140. The molecule has 3 rings (SSSR count). The van der Waals surface area contributed by atoms with Gasteiger partial charge in [-0.2, -0.15) is 0 Å². The molecule has 33 heavy (non-hydrogen) atoms. The van der Waals surface area contributed by atoms with Gasteiger partial charge in [0.15, 0.2) is 0 Å². The van der Waals surface area contributed by atoms with Gasteiger partial charge < -0.3 is 20.8 Å². The molecule has 5 N–H and O–H groups in total.